The van der Waals surface area contributed by atoms with Crippen LogP contribution >= 0.6 is 12.1 Å². The lowest BCUT2D eigenvalue weighted by Gasteiger charge is -2.26. The molecule has 9 nitrogen and oxygen atoms in total. The number of hydrazone groups is 1. The van der Waals surface area contributed by atoms with Crippen molar-refractivity contribution in [2.45, 2.75) is 39.3 Å². The molecule has 1 saturated heterocycles. The molecule has 0 saturated carbocycles. The summed E-state index contributed by atoms with van der Waals surface area (Å²) in [6.07, 6.45) is 21.2. The van der Waals surface area contributed by atoms with E-state index in [0.29, 0.717) is 37.3 Å². The molecule has 4 N–H and O–H groups in total. The van der Waals surface area contributed by atoms with E-state index in [1.807, 2.05) is 37.3 Å². The molecule has 2 atom stereocenters. The van der Waals surface area contributed by atoms with Crippen molar-refractivity contribution >= 4 is 24.1 Å². The van der Waals surface area contributed by atoms with Crippen LogP contribution in [-0.4, -0.2) is 60.3 Å². The van der Waals surface area contributed by atoms with Crippen molar-refractivity contribution < 1.29 is 18.7 Å². The number of nitrogens with one attached hydrogen (secondary N) is 2. The highest BCUT2D eigenvalue weighted by Crippen LogP contribution is 2.30. The second kappa shape index (κ2) is 14.7. The highest BCUT2D eigenvalue weighted by atomic mass is 32.2. The van der Waals surface area contributed by atoms with Gasteiger partial charge in [-0.25, -0.2) is 13.7 Å². The van der Waals surface area contributed by atoms with Crippen LogP contribution in [0.4, 0.5) is 4.39 Å². The first-order valence-electron chi connectivity index (χ1n) is 14.6. The molecule has 11 heteroatoms. The molecule has 0 aromatic carbocycles. The molecule has 228 valence electrons. The van der Waals surface area contributed by atoms with Crippen LogP contribution in [0.3, 0.4) is 0 Å². The van der Waals surface area contributed by atoms with Crippen LogP contribution < -0.4 is 15.8 Å². The number of nitrogens with zero attached hydrogens (tertiary/aromatic N) is 3. The van der Waals surface area contributed by atoms with Crippen molar-refractivity contribution in [3.05, 3.63) is 106 Å². The van der Waals surface area contributed by atoms with Crippen molar-refractivity contribution in [1.29, 1.82) is 0 Å². The largest absolute Gasteiger partial charge is 0.455 e. The normalized spacial score (nSPS) is 28.7. The number of ketones is 1. The fourth-order valence-electron chi connectivity index (χ4n) is 5.04. The number of allylic oxidation sites excluding steroid dienone is 13. The van der Waals surface area contributed by atoms with Crippen molar-refractivity contribution in [3.8, 4) is 0 Å². The highest BCUT2D eigenvalue weighted by molar-refractivity contribution is 7.95. The number of rotatable bonds is 8. The van der Waals surface area contributed by atoms with Crippen LogP contribution in [0.15, 0.2) is 111 Å². The van der Waals surface area contributed by atoms with Crippen LogP contribution in [0.2, 0.25) is 0 Å². The number of ether oxygens (including phenoxy) is 2. The molecule has 2 aliphatic carbocycles. The molecule has 0 aromatic heterocycles. The molecule has 3 aliphatic heterocycles. The molecule has 0 radical (unpaired) electrons. The Morgan fingerprint density at radius 3 is 2.72 bits per heavy atom. The lowest BCUT2D eigenvalue weighted by Crippen LogP contribution is -2.44. The van der Waals surface area contributed by atoms with Gasteiger partial charge in [-0.3, -0.25) is 4.79 Å². The zero-order valence-corrected chi connectivity index (χ0v) is 25.4. The fraction of sp³-hybridized carbons (Fsp3) is 0.375. The third-order valence-electron chi connectivity index (χ3n) is 7.50. The molecule has 1 fully saturated rings. The summed E-state index contributed by atoms with van der Waals surface area (Å²) in [5.74, 6) is -0.439. The van der Waals surface area contributed by atoms with E-state index in [-0.39, 0.29) is 11.5 Å². The minimum atomic E-state index is -0.676. The molecular formula is C32H39FN6O3S. The van der Waals surface area contributed by atoms with E-state index in [0.717, 1.165) is 48.8 Å². The lowest BCUT2D eigenvalue weighted by atomic mass is 9.99. The lowest BCUT2D eigenvalue weighted by molar-refractivity contribution is -0.118. The van der Waals surface area contributed by atoms with E-state index in [2.05, 4.69) is 38.5 Å². The quantitative estimate of drug-likeness (QED) is 0.337. The van der Waals surface area contributed by atoms with Gasteiger partial charge in [0.15, 0.2) is 17.4 Å². The molecule has 5 aliphatic rings. The predicted molar refractivity (Wildman–Crippen MR) is 169 cm³/mol. The van der Waals surface area contributed by atoms with E-state index in [9.17, 15) is 9.18 Å². The zero-order valence-electron chi connectivity index (χ0n) is 24.6. The van der Waals surface area contributed by atoms with Crippen LogP contribution in [0.5, 0.6) is 0 Å². The third-order valence-corrected chi connectivity index (χ3v) is 8.44. The monoisotopic (exact) mass is 606 g/mol. The predicted octanol–water partition coefficient (Wildman–Crippen LogP) is 4.78. The number of halogens is 1. The fourth-order valence-corrected chi connectivity index (χ4v) is 5.85. The van der Waals surface area contributed by atoms with Crippen molar-refractivity contribution in [3.63, 3.8) is 0 Å². The summed E-state index contributed by atoms with van der Waals surface area (Å²) in [6, 6.07) is 0. The van der Waals surface area contributed by atoms with Crippen molar-refractivity contribution in [1.82, 2.24) is 19.4 Å². The van der Waals surface area contributed by atoms with E-state index in [4.69, 9.17) is 15.2 Å². The second-order valence-electron chi connectivity index (χ2n) is 10.6. The molecule has 0 bridgehead atoms. The Kier molecular flexibility index (Phi) is 10.5. The maximum atomic E-state index is 14.4. The number of nitrogens with two attached hydrogens (primary N) is 1. The van der Waals surface area contributed by atoms with Crippen LogP contribution in [0.25, 0.3) is 0 Å². The topological polar surface area (TPSA) is 104 Å². The summed E-state index contributed by atoms with van der Waals surface area (Å²) < 4.78 is 31.4. The van der Waals surface area contributed by atoms with Crippen LogP contribution in [0, 0.1) is 5.92 Å². The molecular weight excluding hydrogens is 567 g/mol. The Labute approximate surface area is 257 Å². The van der Waals surface area contributed by atoms with Gasteiger partial charge in [0, 0.05) is 43.7 Å². The maximum Gasteiger partial charge on any atom is 0.190 e. The Hall–Kier alpha value is -3.64. The number of hydrogen-bond acceptors (Lipinski definition) is 10. The van der Waals surface area contributed by atoms with Gasteiger partial charge in [0.1, 0.15) is 11.9 Å². The Bertz CT molecular complexity index is 1400. The first kappa shape index (κ1) is 30.8. The van der Waals surface area contributed by atoms with E-state index < -0.39 is 17.9 Å². The molecule has 0 amide bonds. The molecule has 0 spiro atoms. The van der Waals surface area contributed by atoms with Gasteiger partial charge in [-0.15, -0.1) is 0 Å². The first-order chi connectivity index (χ1) is 20.9. The van der Waals surface area contributed by atoms with Gasteiger partial charge in [0.05, 0.1) is 30.5 Å². The molecule has 0 aromatic rings. The second-order valence-corrected chi connectivity index (χ2v) is 11.5. The van der Waals surface area contributed by atoms with Gasteiger partial charge in [-0.2, -0.15) is 5.10 Å². The smallest absolute Gasteiger partial charge is 0.190 e. The Balaban J connectivity index is 1.20. The summed E-state index contributed by atoms with van der Waals surface area (Å²) in [6.45, 7) is 7.69. The van der Waals surface area contributed by atoms with Crippen LogP contribution in [-0.2, 0) is 14.3 Å². The number of hydrogen-bond donors (Lipinski definition) is 3. The molecule has 2 unspecified atom stereocenters. The van der Waals surface area contributed by atoms with E-state index in [1.165, 1.54) is 6.08 Å². The minimum Gasteiger partial charge on any atom is -0.455 e. The van der Waals surface area contributed by atoms with Gasteiger partial charge in [-0.05, 0) is 74.6 Å². The highest BCUT2D eigenvalue weighted by Gasteiger charge is 2.36. The van der Waals surface area contributed by atoms with E-state index in [1.54, 1.807) is 35.5 Å². The van der Waals surface area contributed by atoms with Gasteiger partial charge >= 0.3 is 0 Å². The third kappa shape index (κ3) is 7.85. The van der Waals surface area contributed by atoms with Crippen LogP contribution in [0.1, 0.15) is 33.1 Å². The van der Waals surface area contributed by atoms with Gasteiger partial charge in [0.2, 0.25) is 0 Å². The number of carbonyl (C=O) groups is 1. The Morgan fingerprint density at radius 1 is 1.09 bits per heavy atom. The summed E-state index contributed by atoms with van der Waals surface area (Å²) >= 11 is 1.58. The maximum absolute atomic E-state index is 14.4. The molecule has 5 rings (SSSR count). The number of carbonyl (C=O) groups excluding carboxylic acids is 1. The minimum absolute atomic E-state index is 0.106. The van der Waals surface area contributed by atoms with Crippen molar-refractivity contribution in [2.75, 3.05) is 32.8 Å². The summed E-state index contributed by atoms with van der Waals surface area (Å²) in [5.41, 5.74) is 10.9. The number of Topliss-reactive ketones (excluding diaryl/α,β-unsaturated/α-hetero) is 1. The molecule has 3 heterocycles. The summed E-state index contributed by atoms with van der Waals surface area (Å²) in [5, 5.41) is 9.53. The molecule has 43 heavy (non-hydrogen) atoms. The average Bonchev–Trinajstić information content (AvgIpc) is 3.18. The van der Waals surface area contributed by atoms with Gasteiger partial charge < -0.3 is 25.2 Å². The van der Waals surface area contributed by atoms with Gasteiger partial charge in [-0.1, -0.05) is 30.4 Å². The first-order valence-corrected chi connectivity index (χ1v) is 15.4. The zero-order chi connectivity index (χ0) is 30.2. The van der Waals surface area contributed by atoms with E-state index >= 15 is 0 Å². The van der Waals surface area contributed by atoms with Crippen molar-refractivity contribution in [2.24, 2.45) is 16.8 Å². The van der Waals surface area contributed by atoms with Gasteiger partial charge in [0.25, 0.3) is 0 Å². The summed E-state index contributed by atoms with van der Waals surface area (Å²) in [7, 11) is 0. The Morgan fingerprint density at radius 2 is 1.88 bits per heavy atom. The summed E-state index contributed by atoms with van der Waals surface area (Å²) in [4.78, 5) is 13.7. The number of morpholine rings is 1. The SMILES string of the molecule is CC1=CC(OC2=C(F)C=CCC=C2)=CCC=C1N1N=CC(C(=O)/C2=C/C/C=C(C)\C(NSN3CCOCC3)=C/CN2)C1N. The average molecular weight is 607 g/mol. The standard InChI is InChI=1S/C32H39FN6O3S/c1-22-8-6-11-28(35-15-14-27(22)37-43-38-16-18-41-19-17-38)31(40)25-21-36-39(32(25)34)29-12-7-9-24(20-23(29)2)42-30-13-5-3-4-10-26(30)33/h4-5,8-14,20-21,25,32,35,37H,3,6-7,15-19,34H2,1-2H3/b22-8-,27-14+,28-11-.